The first kappa shape index (κ1) is 11.4. The number of aromatic carboxylic acids is 1. The van der Waals surface area contributed by atoms with E-state index in [1.54, 1.807) is 0 Å². The van der Waals surface area contributed by atoms with E-state index in [1.165, 1.54) is 12.1 Å². The molecule has 0 saturated heterocycles. The number of nitrogens with zero attached hydrogens (tertiary/aromatic N) is 1. The molecule has 1 aromatic heterocycles. The third-order valence-corrected chi connectivity index (χ3v) is 2.45. The standard InChI is InChI=1S/C10H6ClFN2O3/c11-7-3-5(1-2-8(7)12)14-9(15)6(4-13-14)10(16)17/h1-4,13H,(H,16,17). The van der Waals surface area contributed by atoms with Crippen molar-refractivity contribution in [1.29, 1.82) is 0 Å². The number of hydrogen-bond acceptors (Lipinski definition) is 2. The molecule has 17 heavy (non-hydrogen) atoms. The number of carboxylic acid groups (broad SMARTS) is 1. The zero-order chi connectivity index (χ0) is 12.6. The molecule has 7 heteroatoms. The average Bonchev–Trinajstić information content (AvgIpc) is 2.64. The Labute approximate surface area is 99.0 Å². The molecule has 0 unspecified atom stereocenters. The van der Waals surface area contributed by atoms with Crippen LogP contribution in [0.2, 0.25) is 5.02 Å². The number of aromatic amines is 1. The summed E-state index contributed by atoms with van der Waals surface area (Å²) in [5, 5.41) is 11.0. The van der Waals surface area contributed by atoms with Crippen LogP contribution in [0, 0.1) is 5.82 Å². The number of halogens is 2. The fourth-order valence-electron chi connectivity index (χ4n) is 1.34. The molecular weight excluding hydrogens is 251 g/mol. The van der Waals surface area contributed by atoms with Gasteiger partial charge in [-0.15, -0.1) is 0 Å². The number of hydrogen-bond donors (Lipinski definition) is 2. The number of rotatable bonds is 2. The van der Waals surface area contributed by atoms with Crippen molar-refractivity contribution in [1.82, 2.24) is 9.78 Å². The fraction of sp³-hybridized carbons (Fsp3) is 0. The van der Waals surface area contributed by atoms with Crippen LogP contribution in [-0.4, -0.2) is 20.9 Å². The molecule has 2 N–H and O–H groups in total. The van der Waals surface area contributed by atoms with Crippen molar-refractivity contribution in [2.24, 2.45) is 0 Å². The predicted molar refractivity (Wildman–Crippen MR) is 58.3 cm³/mol. The van der Waals surface area contributed by atoms with Crippen LogP contribution in [0.4, 0.5) is 4.39 Å². The lowest BCUT2D eigenvalue weighted by Crippen LogP contribution is -2.19. The normalized spacial score (nSPS) is 10.5. The summed E-state index contributed by atoms with van der Waals surface area (Å²) >= 11 is 5.56. The Morgan fingerprint density at radius 2 is 2.18 bits per heavy atom. The molecule has 0 spiro atoms. The summed E-state index contributed by atoms with van der Waals surface area (Å²) in [5.41, 5.74) is -0.875. The zero-order valence-corrected chi connectivity index (χ0v) is 9.03. The van der Waals surface area contributed by atoms with E-state index in [0.717, 1.165) is 16.9 Å². The molecule has 0 radical (unpaired) electrons. The van der Waals surface area contributed by atoms with Crippen molar-refractivity contribution in [2.45, 2.75) is 0 Å². The third kappa shape index (κ3) is 1.94. The van der Waals surface area contributed by atoms with E-state index < -0.39 is 22.9 Å². The second kappa shape index (κ2) is 4.06. The van der Waals surface area contributed by atoms with Gasteiger partial charge in [-0.05, 0) is 18.2 Å². The van der Waals surface area contributed by atoms with Crippen molar-refractivity contribution in [3.8, 4) is 5.69 Å². The van der Waals surface area contributed by atoms with Gasteiger partial charge in [0, 0.05) is 6.20 Å². The summed E-state index contributed by atoms with van der Waals surface area (Å²) in [5.74, 6) is -1.95. The summed E-state index contributed by atoms with van der Waals surface area (Å²) < 4.78 is 13.9. The molecule has 5 nitrogen and oxygen atoms in total. The molecule has 0 saturated carbocycles. The highest BCUT2D eigenvalue weighted by Gasteiger charge is 2.14. The Hall–Kier alpha value is -2.08. The number of carbonyl (C=O) groups is 1. The first-order valence-corrected chi connectivity index (χ1v) is 4.87. The number of carboxylic acids is 1. The van der Waals surface area contributed by atoms with Crippen molar-refractivity contribution >= 4 is 17.6 Å². The lowest BCUT2D eigenvalue weighted by atomic mass is 10.3. The first-order chi connectivity index (χ1) is 8.00. The van der Waals surface area contributed by atoms with Crippen LogP contribution >= 0.6 is 11.6 Å². The summed E-state index contributed by atoms with van der Waals surface area (Å²) in [7, 11) is 0. The van der Waals surface area contributed by atoms with Gasteiger partial charge < -0.3 is 5.11 Å². The maximum atomic E-state index is 12.9. The molecule has 0 aliphatic heterocycles. The Morgan fingerprint density at radius 3 is 2.71 bits per heavy atom. The van der Waals surface area contributed by atoms with Gasteiger partial charge in [-0.1, -0.05) is 11.6 Å². The number of nitrogens with one attached hydrogen (secondary N) is 1. The van der Waals surface area contributed by atoms with E-state index in [0.29, 0.717) is 0 Å². The minimum absolute atomic E-state index is 0.152. The van der Waals surface area contributed by atoms with Gasteiger partial charge in [-0.25, -0.2) is 13.9 Å². The number of benzene rings is 1. The summed E-state index contributed by atoms with van der Waals surface area (Å²) in [6.45, 7) is 0. The molecule has 0 aliphatic carbocycles. The van der Waals surface area contributed by atoms with E-state index in [2.05, 4.69) is 5.10 Å². The van der Waals surface area contributed by atoms with Gasteiger partial charge in [-0.2, -0.15) is 0 Å². The van der Waals surface area contributed by atoms with Gasteiger partial charge in [0.1, 0.15) is 11.4 Å². The molecule has 2 rings (SSSR count). The van der Waals surface area contributed by atoms with Crippen LogP contribution in [0.5, 0.6) is 0 Å². The van der Waals surface area contributed by atoms with Crippen LogP contribution in [0.25, 0.3) is 5.69 Å². The van der Waals surface area contributed by atoms with E-state index in [4.69, 9.17) is 16.7 Å². The van der Waals surface area contributed by atoms with Crippen LogP contribution in [0.15, 0.2) is 29.2 Å². The van der Waals surface area contributed by atoms with Gasteiger partial charge in [0.05, 0.1) is 10.7 Å². The minimum Gasteiger partial charge on any atom is -0.477 e. The van der Waals surface area contributed by atoms with Crippen LogP contribution in [0.1, 0.15) is 10.4 Å². The molecule has 0 atom stereocenters. The molecule has 88 valence electrons. The lowest BCUT2D eigenvalue weighted by Gasteiger charge is -2.02. The van der Waals surface area contributed by atoms with E-state index >= 15 is 0 Å². The monoisotopic (exact) mass is 256 g/mol. The molecule has 0 fully saturated rings. The summed E-state index contributed by atoms with van der Waals surface area (Å²) in [6, 6.07) is 3.62. The topological polar surface area (TPSA) is 75.1 Å². The lowest BCUT2D eigenvalue weighted by molar-refractivity contribution is 0.0695. The Bertz CT molecular complexity index is 647. The molecule has 0 bridgehead atoms. The molecule has 1 heterocycles. The quantitative estimate of drug-likeness (QED) is 0.858. The van der Waals surface area contributed by atoms with Crippen molar-refractivity contribution in [2.75, 3.05) is 0 Å². The molecule has 1 aromatic carbocycles. The second-order valence-electron chi connectivity index (χ2n) is 3.23. The molecule has 0 amide bonds. The Balaban J connectivity index is 2.58. The number of aromatic nitrogens is 2. The van der Waals surface area contributed by atoms with Crippen molar-refractivity contribution < 1.29 is 14.3 Å². The first-order valence-electron chi connectivity index (χ1n) is 4.50. The maximum absolute atomic E-state index is 12.9. The van der Waals surface area contributed by atoms with Crippen LogP contribution < -0.4 is 5.56 Å². The van der Waals surface area contributed by atoms with Gasteiger partial charge in [0.2, 0.25) is 0 Å². The van der Waals surface area contributed by atoms with Crippen molar-refractivity contribution in [3.63, 3.8) is 0 Å². The van der Waals surface area contributed by atoms with Crippen LogP contribution in [0.3, 0.4) is 0 Å². The zero-order valence-electron chi connectivity index (χ0n) is 8.28. The Morgan fingerprint density at radius 1 is 1.47 bits per heavy atom. The molecule has 2 aromatic rings. The third-order valence-electron chi connectivity index (χ3n) is 2.16. The minimum atomic E-state index is -1.33. The van der Waals surface area contributed by atoms with Crippen molar-refractivity contribution in [3.05, 3.63) is 51.2 Å². The van der Waals surface area contributed by atoms with E-state index in [1.807, 2.05) is 0 Å². The van der Waals surface area contributed by atoms with Gasteiger partial charge in [0.15, 0.2) is 0 Å². The summed E-state index contributed by atoms with van der Waals surface area (Å²) in [4.78, 5) is 22.3. The smallest absolute Gasteiger partial charge is 0.342 e. The number of H-pyrrole nitrogens is 1. The van der Waals surface area contributed by atoms with Gasteiger partial charge in [0.25, 0.3) is 5.56 Å². The predicted octanol–water partition coefficient (Wildman–Crippen LogP) is 1.66. The Kier molecular flexibility index (Phi) is 2.72. The SMILES string of the molecule is O=C(O)c1c[nH]n(-c2ccc(F)c(Cl)c2)c1=O. The average molecular weight is 257 g/mol. The molecular formula is C10H6ClFN2O3. The van der Waals surface area contributed by atoms with E-state index in [-0.39, 0.29) is 10.7 Å². The van der Waals surface area contributed by atoms with Gasteiger partial charge in [-0.3, -0.25) is 9.89 Å². The second-order valence-corrected chi connectivity index (χ2v) is 3.64. The highest BCUT2D eigenvalue weighted by atomic mass is 35.5. The molecule has 0 aliphatic rings. The van der Waals surface area contributed by atoms with Crippen LogP contribution in [-0.2, 0) is 0 Å². The highest BCUT2D eigenvalue weighted by molar-refractivity contribution is 6.30. The van der Waals surface area contributed by atoms with E-state index in [9.17, 15) is 14.0 Å². The fourth-order valence-corrected chi connectivity index (χ4v) is 1.51. The van der Waals surface area contributed by atoms with Gasteiger partial charge >= 0.3 is 5.97 Å². The highest BCUT2D eigenvalue weighted by Crippen LogP contribution is 2.17. The maximum Gasteiger partial charge on any atom is 0.342 e. The largest absolute Gasteiger partial charge is 0.477 e. The summed E-state index contributed by atoms with van der Waals surface area (Å²) in [6.07, 6.45) is 1.06.